The van der Waals surface area contributed by atoms with Crippen molar-refractivity contribution in [3.8, 4) is 0 Å². The third-order valence-electron chi connectivity index (χ3n) is 1.63. The smallest absolute Gasteiger partial charge is 0.370 e. The van der Waals surface area contributed by atoms with E-state index in [0.29, 0.717) is 0 Å². The normalized spacial score (nSPS) is 21.8. The molecule has 0 fully saturated rings. The second-order valence-electron chi connectivity index (χ2n) is 2.69. The third kappa shape index (κ3) is 2.01. The molecule has 1 aliphatic heterocycles. The number of halogens is 3. The minimum Gasteiger partial charge on any atom is -0.370 e. The number of rotatable bonds is 2. The van der Waals surface area contributed by atoms with E-state index in [4.69, 9.17) is 5.73 Å². The Balaban J connectivity index is 2.86. The molecular formula is C6H6F3N3O2. The zero-order valence-electron chi connectivity index (χ0n) is 6.76. The highest BCUT2D eigenvalue weighted by atomic mass is 19.4. The summed E-state index contributed by atoms with van der Waals surface area (Å²) in [6.07, 6.45) is -5.41. The first-order chi connectivity index (χ1) is 6.32. The molecule has 8 heteroatoms. The monoisotopic (exact) mass is 209 g/mol. The van der Waals surface area contributed by atoms with Gasteiger partial charge in [-0.05, 0) is 0 Å². The van der Waals surface area contributed by atoms with E-state index in [1.54, 1.807) is 5.43 Å². The Hall–Kier alpha value is -1.60. The van der Waals surface area contributed by atoms with Gasteiger partial charge in [-0.2, -0.15) is 18.3 Å². The molecule has 1 heterocycles. The number of hydrogen-bond donors (Lipinski definition) is 2. The molecule has 0 aromatic rings. The molecule has 0 radical (unpaired) electrons. The van der Waals surface area contributed by atoms with Gasteiger partial charge in [-0.3, -0.25) is 9.59 Å². The average molecular weight is 209 g/mol. The number of nitrogens with zero attached hydrogens (tertiary/aromatic N) is 1. The Morgan fingerprint density at radius 1 is 1.57 bits per heavy atom. The second kappa shape index (κ2) is 3.28. The molecule has 0 aromatic heterocycles. The van der Waals surface area contributed by atoms with E-state index in [-0.39, 0.29) is 0 Å². The third-order valence-corrected chi connectivity index (χ3v) is 1.63. The van der Waals surface area contributed by atoms with Gasteiger partial charge in [-0.25, -0.2) is 5.43 Å². The van der Waals surface area contributed by atoms with Crippen LogP contribution in [-0.2, 0) is 9.59 Å². The maximum atomic E-state index is 12.2. The second-order valence-corrected chi connectivity index (χ2v) is 2.69. The van der Waals surface area contributed by atoms with Crippen LogP contribution in [-0.4, -0.2) is 23.7 Å². The fourth-order valence-electron chi connectivity index (χ4n) is 1.05. The maximum absolute atomic E-state index is 12.2. The standard InChI is InChI=1S/C6H6F3N3O2/c7-6(8,9)4-2(1-3(10)13)5(14)12-11-4/h2H,1H2,(H2,10,13)(H,12,14). The van der Waals surface area contributed by atoms with Gasteiger partial charge in [0.2, 0.25) is 11.8 Å². The first-order valence-corrected chi connectivity index (χ1v) is 3.55. The van der Waals surface area contributed by atoms with Gasteiger partial charge in [0.15, 0.2) is 5.71 Å². The zero-order chi connectivity index (χ0) is 10.9. The number of primary amides is 1. The molecule has 5 nitrogen and oxygen atoms in total. The molecule has 0 aromatic carbocycles. The van der Waals surface area contributed by atoms with E-state index in [1.807, 2.05) is 0 Å². The SMILES string of the molecule is NC(=O)CC1C(=O)NN=C1C(F)(F)F. The van der Waals surface area contributed by atoms with Gasteiger partial charge >= 0.3 is 6.18 Å². The maximum Gasteiger partial charge on any atom is 0.432 e. The fraction of sp³-hybridized carbons (Fsp3) is 0.500. The average Bonchev–Trinajstić information content (AvgIpc) is 2.30. The van der Waals surface area contributed by atoms with Crippen molar-refractivity contribution >= 4 is 17.5 Å². The predicted octanol–water partition coefficient (Wildman–Crippen LogP) is -0.474. The molecule has 1 rings (SSSR count). The molecular weight excluding hydrogens is 203 g/mol. The van der Waals surface area contributed by atoms with E-state index in [9.17, 15) is 22.8 Å². The van der Waals surface area contributed by atoms with Crippen LogP contribution in [0.3, 0.4) is 0 Å². The Morgan fingerprint density at radius 3 is 2.57 bits per heavy atom. The summed E-state index contributed by atoms with van der Waals surface area (Å²) >= 11 is 0. The predicted molar refractivity (Wildman–Crippen MR) is 38.9 cm³/mol. The van der Waals surface area contributed by atoms with Crippen LogP contribution < -0.4 is 11.2 Å². The van der Waals surface area contributed by atoms with Crippen LogP contribution in [0.15, 0.2) is 5.10 Å². The highest BCUT2D eigenvalue weighted by Gasteiger charge is 2.47. The lowest BCUT2D eigenvalue weighted by molar-refractivity contribution is -0.127. The van der Waals surface area contributed by atoms with Crippen molar-refractivity contribution in [1.29, 1.82) is 0 Å². The number of hydrazone groups is 1. The molecule has 1 aliphatic rings. The lowest BCUT2D eigenvalue weighted by Crippen LogP contribution is -2.35. The molecule has 78 valence electrons. The molecule has 0 aliphatic carbocycles. The number of carbonyl (C=O) groups is 2. The molecule has 0 bridgehead atoms. The van der Waals surface area contributed by atoms with Gasteiger partial charge < -0.3 is 5.73 Å². The van der Waals surface area contributed by atoms with Crippen LogP contribution in [0, 0.1) is 5.92 Å². The largest absolute Gasteiger partial charge is 0.432 e. The van der Waals surface area contributed by atoms with Crippen LogP contribution in [0.25, 0.3) is 0 Å². The summed E-state index contributed by atoms with van der Waals surface area (Å²) in [7, 11) is 0. The lowest BCUT2D eigenvalue weighted by Gasteiger charge is -2.10. The van der Waals surface area contributed by atoms with E-state index in [0.717, 1.165) is 0 Å². The van der Waals surface area contributed by atoms with Crippen molar-refractivity contribution in [3.05, 3.63) is 0 Å². The topological polar surface area (TPSA) is 84.5 Å². The van der Waals surface area contributed by atoms with E-state index < -0.39 is 36.0 Å². The minimum atomic E-state index is -4.72. The summed E-state index contributed by atoms with van der Waals surface area (Å²) < 4.78 is 36.5. The van der Waals surface area contributed by atoms with Gasteiger partial charge in [0.1, 0.15) is 0 Å². The number of nitrogens with two attached hydrogens (primary N) is 1. The van der Waals surface area contributed by atoms with Crippen molar-refractivity contribution < 1.29 is 22.8 Å². The number of hydrogen-bond acceptors (Lipinski definition) is 3. The molecule has 3 N–H and O–H groups in total. The molecule has 1 unspecified atom stereocenters. The molecule has 0 saturated heterocycles. The quantitative estimate of drug-likeness (QED) is 0.644. The van der Waals surface area contributed by atoms with Gasteiger partial charge in [0.05, 0.1) is 5.92 Å². The Kier molecular flexibility index (Phi) is 2.45. The van der Waals surface area contributed by atoms with Crippen LogP contribution in [0.4, 0.5) is 13.2 Å². The Labute approximate surface area is 76.1 Å². The van der Waals surface area contributed by atoms with Gasteiger partial charge in [-0.1, -0.05) is 0 Å². The van der Waals surface area contributed by atoms with E-state index >= 15 is 0 Å². The molecule has 0 spiro atoms. The Morgan fingerprint density at radius 2 is 2.14 bits per heavy atom. The van der Waals surface area contributed by atoms with Crippen molar-refractivity contribution in [1.82, 2.24) is 5.43 Å². The van der Waals surface area contributed by atoms with Gasteiger partial charge in [0.25, 0.3) is 0 Å². The first-order valence-electron chi connectivity index (χ1n) is 3.55. The van der Waals surface area contributed by atoms with Crippen LogP contribution >= 0.6 is 0 Å². The van der Waals surface area contributed by atoms with Gasteiger partial charge in [-0.15, -0.1) is 0 Å². The molecule has 0 saturated carbocycles. The van der Waals surface area contributed by atoms with Crippen LogP contribution in [0.1, 0.15) is 6.42 Å². The summed E-state index contributed by atoms with van der Waals surface area (Å²) in [5.74, 6) is -3.56. The summed E-state index contributed by atoms with van der Waals surface area (Å²) in [6, 6.07) is 0. The lowest BCUT2D eigenvalue weighted by atomic mass is 9.99. The van der Waals surface area contributed by atoms with Crippen molar-refractivity contribution in [2.75, 3.05) is 0 Å². The molecule has 2 amide bonds. The number of amides is 2. The zero-order valence-corrected chi connectivity index (χ0v) is 6.76. The number of carbonyl (C=O) groups excluding carboxylic acids is 2. The Bertz CT molecular complexity index is 310. The summed E-state index contributed by atoms with van der Waals surface area (Å²) in [5, 5.41) is 2.81. The van der Waals surface area contributed by atoms with Crippen LogP contribution in [0.2, 0.25) is 0 Å². The van der Waals surface area contributed by atoms with E-state index in [2.05, 4.69) is 5.10 Å². The van der Waals surface area contributed by atoms with Gasteiger partial charge in [0, 0.05) is 6.42 Å². The fourth-order valence-corrected chi connectivity index (χ4v) is 1.05. The molecule has 1 atom stereocenters. The summed E-state index contributed by atoms with van der Waals surface area (Å²) in [5.41, 5.74) is 5.05. The van der Waals surface area contributed by atoms with Crippen molar-refractivity contribution in [2.45, 2.75) is 12.6 Å². The van der Waals surface area contributed by atoms with Crippen molar-refractivity contribution in [2.24, 2.45) is 16.8 Å². The molecule has 14 heavy (non-hydrogen) atoms. The first kappa shape index (κ1) is 10.5. The van der Waals surface area contributed by atoms with Crippen LogP contribution in [0.5, 0.6) is 0 Å². The number of nitrogens with one attached hydrogen (secondary N) is 1. The van der Waals surface area contributed by atoms with E-state index in [1.165, 1.54) is 0 Å². The minimum absolute atomic E-state index is 0.690. The summed E-state index contributed by atoms with van der Waals surface area (Å²) in [4.78, 5) is 21.2. The number of alkyl halides is 3. The van der Waals surface area contributed by atoms with Crippen molar-refractivity contribution in [3.63, 3.8) is 0 Å². The highest BCUT2D eigenvalue weighted by Crippen LogP contribution is 2.26. The highest BCUT2D eigenvalue weighted by molar-refractivity contribution is 6.12. The summed E-state index contributed by atoms with van der Waals surface area (Å²) in [6.45, 7) is 0.